The molecule has 0 N–H and O–H groups in total. The van der Waals surface area contributed by atoms with Crippen molar-refractivity contribution in [2.45, 2.75) is 3.63 Å². The van der Waals surface area contributed by atoms with Crippen LogP contribution in [0.3, 0.4) is 0 Å². The van der Waals surface area contributed by atoms with Crippen LogP contribution in [0, 0.1) is 0 Å². The van der Waals surface area contributed by atoms with Crippen LogP contribution < -0.4 is 0 Å². The average Bonchev–Trinajstić information content (AvgIpc) is 2.34. The zero-order chi connectivity index (χ0) is 6.97. The molecule has 0 amide bonds. The van der Waals surface area contributed by atoms with Gasteiger partial charge in [-0.1, -0.05) is 0 Å². The molecule has 0 fully saturated rings. The molecule has 1 aromatic carbocycles. The molecule has 1 aliphatic carbocycles. The van der Waals surface area contributed by atoms with Crippen molar-refractivity contribution < 1.29 is 24.7 Å². The third kappa shape index (κ3) is 1.65. The van der Waals surface area contributed by atoms with Gasteiger partial charge in [0.1, 0.15) is 0 Å². The van der Waals surface area contributed by atoms with Gasteiger partial charge >= 0.3 is 75.9 Å². The van der Waals surface area contributed by atoms with Gasteiger partial charge in [0.25, 0.3) is 0 Å². The normalized spacial score (nSPS) is 19.0. The van der Waals surface area contributed by atoms with Crippen LogP contribution in [0.2, 0.25) is 0 Å². The molecule has 0 saturated carbocycles. The first kappa shape index (κ1) is 9.22. The molecule has 1 aromatic rings. The Kier molecular flexibility index (Phi) is 3.09. The Labute approximate surface area is 88.0 Å². The van der Waals surface area contributed by atoms with Gasteiger partial charge in [0.15, 0.2) is 0 Å². The molecular formula is C9H8ClZr. The van der Waals surface area contributed by atoms with Gasteiger partial charge in [-0.3, -0.25) is 0 Å². The van der Waals surface area contributed by atoms with Gasteiger partial charge in [0.2, 0.25) is 0 Å². The Morgan fingerprint density at radius 3 is 2.64 bits per heavy atom. The summed E-state index contributed by atoms with van der Waals surface area (Å²) in [5, 5.41) is 0. The zero-order valence-electron chi connectivity index (χ0n) is 5.95. The van der Waals surface area contributed by atoms with Crippen molar-refractivity contribution in [3.05, 3.63) is 41.5 Å². The molecule has 0 saturated heterocycles. The van der Waals surface area contributed by atoms with Crippen LogP contribution in [-0.2, 0) is 24.7 Å². The first-order valence-corrected chi connectivity index (χ1v) is 4.78. The van der Waals surface area contributed by atoms with E-state index in [0.29, 0.717) is 3.63 Å². The van der Waals surface area contributed by atoms with E-state index in [2.05, 4.69) is 36.4 Å². The van der Waals surface area contributed by atoms with E-state index in [0.717, 1.165) is 0 Å². The van der Waals surface area contributed by atoms with Crippen LogP contribution in [-0.4, -0.2) is 0 Å². The summed E-state index contributed by atoms with van der Waals surface area (Å²) >= 11 is 1.59. The Morgan fingerprint density at radius 2 is 1.91 bits per heavy atom. The van der Waals surface area contributed by atoms with Gasteiger partial charge in [-0.2, -0.15) is 0 Å². The molecule has 0 heterocycles. The monoisotopic (exact) mass is 241 g/mol. The molecule has 0 radical (unpaired) electrons. The Morgan fingerprint density at radius 1 is 1.18 bits per heavy atom. The fourth-order valence-electron chi connectivity index (χ4n) is 1.25. The molecule has 0 bridgehead atoms. The van der Waals surface area contributed by atoms with E-state index in [4.69, 9.17) is 0 Å². The van der Waals surface area contributed by atoms with Crippen LogP contribution in [0.25, 0.3) is 6.08 Å². The van der Waals surface area contributed by atoms with Crippen LogP contribution in [0.5, 0.6) is 0 Å². The van der Waals surface area contributed by atoms with Gasteiger partial charge in [0.05, 0.1) is 0 Å². The second-order valence-corrected chi connectivity index (χ2v) is 3.99. The van der Waals surface area contributed by atoms with Crippen molar-refractivity contribution in [1.82, 2.24) is 0 Å². The number of rotatable bonds is 0. The molecule has 55 valence electrons. The van der Waals surface area contributed by atoms with Crippen molar-refractivity contribution in [3.8, 4) is 0 Å². The molecule has 1 aliphatic rings. The number of hydrogen-bond acceptors (Lipinski definition) is 0. The summed E-state index contributed by atoms with van der Waals surface area (Å²) in [7, 11) is 0. The predicted molar refractivity (Wildman–Crippen MR) is 45.5 cm³/mol. The van der Waals surface area contributed by atoms with E-state index in [9.17, 15) is 0 Å². The maximum atomic E-state index is 2.28. The molecule has 2 heteroatoms. The van der Waals surface area contributed by atoms with E-state index in [1.165, 1.54) is 11.1 Å². The van der Waals surface area contributed by atoms with Gasteiger partial charge in [-0.05, 0) is 0 Å². The first-order chi connectivity index (χ1) is 4.88. The number of hydrogen-bond donors (Lipinski definition) is 0. The molecule has 1 atom stereocenters. The number of fused-ring (bicyclic) bond motifs is 1. The van der Waals surface area contributed by atoms with Gasteiger partial charge in [-0.25, -0.2) is 0 Å². The number of halogens is 1. The Bertz CT molecular complexity index is 281. The minimum atomic E-state index is 0. The van der Waals surface area contributed by atoms with Crippen LogP contribution in [0.4, 0.5) is 0 Å². The van der Waals surface area contributed by atoms with Crippen molar-refractivity contribution in [3.63, 3.8) is 0 Å². The Balaban J connectivity index is 0.000000605. The standard InChI is InChI=1S/C9H7.ClH.Zr/c1-2-5-9-7-3-6-8(9)4-1;;/h1-7H;1H;. The van der Waals surface area contributed by atoms with Gasteiger partial charge in [-0.15, -0.1) is 12.4 Å². The molecule has 2 rings (SSSR count). The molecule has 0 nitrogen and oxygen atoms in total. The SMILES string of the molecule is Cl.[Zr][CH]1C=Cc2ccccc21. The van der Waals surface area contributed by atoms with E-state index < -0.39 is 0 Å². The van der Waals surface area contributed by atoms with Crippen molar-refractivity contribution >= 4 is 18.5 Å². The second-order valence-electron chi connectivity index (χ2n) is 2.47. The van der Waals surface area contributed by atoms with Crippen molar-refractivity contribution in [2.75, 3.05) is 0 Å². The summed E-state index contributed by atoms with van der Waals surface area (Å²) in [5.74, 6) is 0. The summed E-state index contributed by atoms with van der Waals surface area (Å²) in [4.78, 5) is 0. The molecule has 0 aromatic heterocycles. The quantitative estimate of drug-likeness (QED) is 0.657. The zero-order valence-corrected chi connectivity index (χ0v) is 9.22. The van der Waals surface area contributed by atoms with Crippen molar-refractivity contribution in [1.29, 1.82) is 0 Å². The van der Waals surface area contributed by atoms with Crippen LogP contribution >= 0.6 is 12.4 Å². The topological polar surface area (TPSA) is 0 Å². The van der Waals surface area contributed by atoms with Gasteiger partial charge < -0.3 is 0 Å². The third-order valence-electron chi connectivity index (χ3n) is 1.80. The van der Waals surface area contributed by atoms with E-state index in [-0.39, 0.29) is 12.4 Å². The van der Waals surface area contributed by atoms with E-state index in [1.54, 1.807) is 24.7 Å². The van der Waals surface area contributed by atoms with Crippen molar-refractivity contribution in [2.24, 2.45) is 0 Å². The second kappa shape index (κ2) is 3.69. The Hall–Kier alpha value is 0.133. The molecule has 0 spiro atoms. The van der Waals surface area contributed by atoms with E-state index in [1.807, 2.05) is 0 Å². The number of benzene rings is 1. The fraction of sp³-hybridized carbons (Fsp3) is 0.111. The minimum absolute atomic E-state index is 0. The summed E-state index contributed by atoms with van der Waals surface area (Å²) in [6.07, 6.45) is 4.50. The fourth-order valence-corrected chi connectivity index (χ4v) is 2.13. The summed E-state index contributed by atoms with van der Waals surface area (Å²) in [5.41, 5.74) is 2.91. The molecule has 11 heavy (non-hydrogen) atoms. The molecular weight excluding hydrogens is 235 g/mol. The predicted octanol–water partition coefficient (Wildman–Crippen LogP) is 2.72. The summed E-state index contributed by atoms with van der Waals surface area (Å²) in [6, 6.07) is 8.60. The molecule has 0 aliphatic heterocycles. The molecule has 1 unspecified atom stereocenters. The maximum absolute atomic E-state index is 2.28. The first-order valence-electron chi connectivity index (χ1n) is 3.36. The average molecular weight is 243 g/mol. The number of allylic oxidation sites excluding steroid dienone is 1. The van der Waals surface area contributed by atoms with Gasteiger partial charge in [0, 0.05) is 0 Å². The van der Waals surface area contributed by atoms with Crippen LogP contribution in [0.15, 0.2) is 30.3 Å². The summed E-state index contributed by atoms with van der Waals surface area (Å²) < 4.78 is 0.711. The van der Waals surface area contributed by atoms with Crippen LogP contribution in [0.1, 0.15) is 14.8 Å². The van der Waals surface area contributed by atoms with E-state index >= 15 is 0 Å². The third-order valence-corrected chi connectivity index (χ3v) is 3.04. The summed E-state index contributed by atoms with van der Waals surface area (Å²) in [6.45, 7) is 0.